The molecule has 0 aromatic rings. The van der Waals surface area contributed by atoms with Gasteiger partial charge in [-0.15, -0.1) is 0 Å². The van der Waals surface area contributed by atoms with E-state index in [2.05, 4.69) is 0 Å². The van der Waals surface area contributed by atoms with Crippen LogP contribution >= 0.6 is 0 Å². The van der Waals surface area contributed by atoms with Crippen molar-refractivity contribution in [2.24, 2.45) is 5.73 Å². The molecule has 2 atom stereocenters. The monoisotopic (exact) mass is 178 g/mol. The first-order valence-electron chi connectivity index (χ1n) is 2.97. The molecule has 1 aliphatic heterocycles. The van der Waals surface area contributed by atoms with Crippen LogP contribution in [0.25, 0.3) is 0 Å². The first kappa shape index (κ1) is 8.48. The third-order valence-electron chi connectivity index (χ3n) is 1.47. The molecule has 11 heavy (non-hydrogen) atoms. The summed E-state index contributed by atoms with van der Waals surface area (Å²) in [6, 6.07) is 0. The maximum absolute atomic E-state index is 10.9. The highest BCUT2D eigenvalue weighted by Gasteiger charge is 2.41. The fourth-order valence-electron chi connectivity index (χ4n) is 0.991. The molecule has 3 N–H and O–H groups in total. The van der Waals surface area contributed by atoms with Crippen LogP contribution in [0, 0.1) is 6.42 Å². The average Bonchev–Trinajstić information content (AvgIpc) is 2.04. The van der Waals surface area contributed by atoms with Gasteiger partial charge in [-0.25, -0.2) is 8.42 Å². The summed E-state index contributed by atoms with van der Waals surface area (Å²) in [5.74, 6) is -1.33. The molecule has 5 nitrogen and oxygen atoms in total. The van der Waals surface area contributed by atoms with Crippen molar-refractivity contribution in [1.82, 2.24) is 0 Å². The first-order valence-corrected chi connectivity index (χ1v) is 4.69. The van der Waals surface area contributed by atoms with Gasteiger partial charge >= 0.3 is 0 Å². The summed E-state index contributed by atoms with van der Waals surface area (Å²) in [7, 11) is -3.52. The van der Waals surface area contributed by atoms with Crippen molar-refractivity contribution in [2.45, 2.75) is 11.4 Å². The van der Waals surface area contributed by atoms with E-state index in [0.717, 1.165) is 6.42 Å². The number of rotatable bonds is 1. The summed E-state index contributed by atoms with van der Waals surface area (Å²) in [6.45, 7) is 0. The fourth-order valence-corrected chi connectivity index (χ4v) is 2.56. The number of primary amides is 1. The van der Waals surface area contributed by atoms with E-state index in [1.54, 1.807) is 0 Å². The molecule has 63 valence electrons. The van der Waals surface area contributed by atoms with Crippen LogP contribution < -0.4 is 5.73 Å². The van der Waals surface area contributed by atoms with Crippen molar-refractivity contribution in [3.05, 3.63) is 6.42 Å². The zero-order chi connectivity index (χ0) is 8.65. The largest absolute Gasteiger partial charge is 0.392 e. The molecule has 1 radical (unpaired) electrons. The van der Waals surface area contributed by atoms with Crippen molar-refractivity contribution in [3.63, 3.8) is 0 Å². The zero-order valence-corrected chi connectivity index (χ0v) is 6.41. The maximum atomic E-state index is 10.9. The molecule has 1 saturated heterocycles. The number of amides is 1. The number of aliphatic hydroxyl groups excluding tert-OH is 1. The number of hydrogen-bond acceptors (Lipinski definition) is 4. The van der Waals surface area contributed by atoms with E-state index in [1.807, 2.05) is 0 Å². The minimum absolute atomic E-state index is 0.402. The Morgan fingerprint density at radius 1 is 1.64 bits per heavy atom. The highest BCUT2D eigenvalue weighted by Crippen LogP contribution is 2.18. The van der Waals surface area contributed by atoms with Crippen molar-refractivity contribution in [3.8, 4) is 0 Å². The molecular formula is C5H8NO4S. The van der Waals surface area contributed by atoms with Crippen LogP contribution in [0.2, 0.25) is 0 Å². The summed E-state index contributed by atoms with van der Waals surface area (Å²) in [6.07, 6.45) is -0.0185. The van der Waals surface area contributed by atoms with Crippen LogP contribution in [0.5, 0.6) is 0 Å². The smallest absolute Gasteiger partial charge is 0.236 e. The number of carbonyl (C=O) groups excluding carboxylic acids is 1. The lowest BCUT2D eigenvalue weighted by Crippen LogP contribution is -2.32. The normalized spacial score (nSPS) is 35.4. The topological polar surface area (TPSA) is 97.5 Å². The minimum atomic E-state index is -3.52. The molecule has 0 bridgehead atoms. The van der Waals surface area contributed by atoms with Gasteiger partial charge in [-0.1, -0.05) is 0 Å². The second-order valence-electron chi connectivity index (χ2n) is 2.41. The summed E-state index contributed by atoms with van der Waals surface area (Å²) in [4.78, 5) is 10.5. The minimum Gasteiger partial charge on any atom is -0.392 e. The molecule has 1 aliphatic rings. The van der Waals surface area contributed by atoms with Gasteiger partial charge in [-0.05, 0) is 0 Å². The lowest BCUT2D eigenvalue weighted by atomic mass is 10.2. The lowest BCUT2D eigenvalue weighted by Gasteiger charge is -2.00. The number of aliphatic hydroxyl groups is 1. The highest BCUT2D eigenvalue weighted by atomic mass is 32.2. The molecule has 1 fully saturated rings. The highest BCUT2D eigenvalue weighted by molar-refractivity contribution is 7.93. The summed E-state index contributed by atoms with van der Waals surface area (Å²) in [5, 5.41) is 7.53. The second-order valence-corrected chi connectivity index (χ2v) is 4.58. The molecule has 1 amide bonds. The number of nitrogens with two attached hydrogens (primary N) is 1. The van der Waals surface area contributed by atoms with Gasteiger partial charge in [0.25, 0.3) is 0 Å². The lowest BCUT2D eigenvalue weighted by molar-refractivity contribution is -0.117. The predicted molar refractivity (Wildman–Crippen MR) is 37.1 cm³/mol. The number of hydrogen-bond donors (Lipinski definition) is 2. The molecule has 1 heterocycles. The Balaban J connectivity index is 2.92. The standard InChI is InChI=1S/C5H8NO4S/c6-5(8)4-1-3(7)2-11(4,9)10/h1,3-4,7H,2H2,(H2,6,8). The molecule has 0 aliphatic carbocycles. The van der Waals surface area contributed by atoms with Gasteiger partial charge in [0.1, 0.15) is 5.25 Å². The molecule has 0 aromatic carbocycles. The predicted octanol–water partition coefficient (Wildman–Crippen LogP) is -2.17. The van der Waals surface area contributed by atoms with Gasteiger partial charge in [0, 0.05) is 6.42 Å². The Morgan fingerprint density at radius 3 is 2.36 bits per heavy atom. The Kier molecular flexibility index (Phi) is 1.89. The Hall–Kier alpha value is -0.620. The van der Waals surface area contributed by atoms with E-state index in [-0.39, 0.29) is 0 Å². The van der Waals surface area contributed by atoms with E-state index >= 15 is 0 Å². The molecule has 2 unspecified atom stereocenters. The van der Waals surface area contributed by atoms with Gasteiger partial charge in [0.2, 0.25) is 5.91 Å². The third kappa shape index (κ3) is 1.51. The first-order chi connectivity index (χ1) is 4.93. The maximum Gasteiger partial charge on any atom is 0.236 e. The van der Waals surface area contributed by atoms with Gasteiger partial charge in [0.05, 0.1) is 11.9 Å². The van der Waals surface area contributed by atoms with Crippen LogP contribution in [0.1, 0.15) is 0 Å². The van der Waals surface area contributed by atoms with Crippen molar-refractivity contribution < 1.29 is 18.3 Å². The summed E-state index contributed by atoms with van der Waals surface area (Å²) in [5.41, 5.74) is 4.78. The zero-order valence-electron chi connectivity index (χ0n) is 5.60. The van der Waals surface area contributed by atoms with E-state index in [4.69, 9.17) is 10.8 Å². The fraction of sp³-hybridized carbons (Fsp3) is 0.600. The third-order valence-corrected chi connectivity index (χ3v) is 3.44. The Labute approximate surface area is 64.1 Å². The Bertz CT molecular complexity index is 270. The molecule has 6 heteroatoms. The van der Waals surface area contributed by atoms with Crippen LogP contribution in [0.15, 0.2) is 0 Å². The van der Waals surface area contributed by atoms with Gasteiger partial charge in [-0.2, -0.15) is 0 Å². The number of sulfone groups is 1. The summed E-state index contributed by atoms with van der Waals surface area (Å²) < 4.78 is 21.8. The average molecular weight is 178 g/mol. The van der Waals surface area contributed by atoms with E-state index < -0.39 is 32.9 Å². The summed E-state index contributed by atoms with van der Waals surface area (Å²) >= 11 is 0. The van der Waals surface area contributed by atoms with Crippen LogP contribution in [-0.2, 0) is 14.6 Å². The molecule has 0 spiro atoms. The van der Waals surface area contributed by atoms with E-state index in [9.17, 15) is 13.2 Å². The molecular weight excluding hydrogens is 170 g/mol. The molecule has 0 aromatic heterocycles. The second kappa shape index (κ2) is 2.46. The van der Waals surface area contributed by atoms with Gasteiger partial charge in [0.15, 0.2) is 9.84 Å². The van der Waals surface area contributed by atoms with Crippen LogP contribution in [0.4, 0.5) is 0 Å². The van der Waals surface area contributed by atoms with Crippen LogP contribution in [-0.4, -0.2) is 36.5 Å². The quantitative estimate of drug-likeness (QED) is 0.477. The van der Waals surface area contributed by atoms with Crippen molar-refractivity contribution >= 4 is 15.7 Å². The van der Waals surface area contributed by atoms with Gasteiger partial charge < -0.3 is 10.8 Å². The van der Waals surface area contributed by atoms with Crippen molar-refractivity contribution in [1.29, 1.82) is 0 Å². The van der Waals surface area contributed by atoms with Crippen molar-refractivity contribution in [2.75, 3.05) is 5.75 Å². The van der Waals surface area contributed by atoms with E-state index in [0.29, 0.717) is 0 Å². The van der Waals surface area contributed by atoms with E-state index in [1.165, 1.54) is 0 Å². The molecule has 1 rings (SSSR count). The van der Waals surface area contributed by atoms with Crippen LogP contribution in [0.3, 0.4) is 0 Å². The Morgan fingerprint density at radius 2 is 2.18 bits per heavy atom. The molecule has 0 saturated carbocycles. The number of carbonyl (C=O) groups is 1. The SMILES string of the molecule is NC(=O)C1[CH]C(O)CS1(=O)=O. The van der Waals surface area contributed by atoms with Gasteiger partial charge in [-0.3, -0.25) is 4.79 Å².